The van der Waals surface area contributed by atoms with Crippen molar-refractivity contribution in [2.24, 2.45) is 0 Å². The van der Waals surface area contributed by atoms with Crippen LogP contribution in [0.15, 0.2) is 48.7 Å². The van der Waals surface area contributed by atoms with Crippen LogP contribution in [0.4, 0.5) is 13.6 Å². The van der Waals surface area contributed by atoms with Crippen molar-refractivity contribution < 1.29 is 18.3 Å². The summed E-state index contributed by atoms with van der Waals surface area (Å²) >= 11 is 0. The Hall–Kier alpha value is -3.75. The number of H-pyrrole nitrogens is 2. The lowest BCUT2D eigenvalue weighted by Crippen LogP contribution is -2.36. The third-order valence-corrected chi connectivity index (χ3v) is 4.78. The van der Waals surface area contributed by atoms with Crippen molar-refractivity contribution in [1.29, 1.82) is 0 Å². The molecule has 9 heteroatoms. The number of alkyl carbamates (subject to hydrolysis) is 1. The molecule has 0 aliphatic heterocycles. The Balaban J connectivity index is 1.65. The Morgan fingerprint density at radius 1 is 1.12 bits per heavy atom. The molecule has 0 aliphatic rings. The summed E-state index contributed by atoms with van der Waals surface area (Å²) < 4.78 is 32.5. The van der Waals surface area contributed by atoms with Gasteiger partial charge in [-0.05, 0) is 68.8 Å². The summed E-state index contributed by atoms with van der Waals surface area (Å²) in [7, 11) is 0. The van der Waals surface area contributed by atoms with Crippen molar-refractivity contribution >= 4 is 17.0 Å². The van der Waals surface area contributed by atoms with Gasteiger partial charge in [-0.25, -0.2) is 18.6 Å². The van der Waals surface area contributed by atoms with Gasteiger partial charge in [0, 0.05) is 29.1 Å². The molecule has 2 aromatic heterocycles. The topological polar surface area (TPSA) is 95.7 Å². The molecule has 0 saturated carbocycles. The number of carbonyl (C=O) groups excluding carboxylic acids is 1. The molecule has 4 rings (SSSR count). The second-order valence-corrected chi connectivity index (χ2v) is 8.46. The lowest BCUT2D eigenvalue weighted by atomic mass is 10.0. The fourth-order valence-electron chi connectivity index (χ4n) is 3.36. The maximum absolute atomic E-state index is 13.8. The third kappa shape index (κ3) is 4.93. The molecule has 1 atom stereocenters. The highest BCUT2D eigenvalue weighted by Crippen LogP contribution is 2.26. The Labute approximate surface area is 183 Å². The first-order valence-corrected chi connectivity index (χ1v) is 10.1. The number of aromatic amines is 2. The average molecular weight is 439 g/mol. The minimum absolute atomic E-state index is 0.306. The van der Waals surface area contributed by atoms with Crippen LogP contribution in [0, 0.1) is 11.6 Å². The van der Waals surface area contributed by atoms with Crippen LogP contribution in [0.25, 0.3) is 22.3 Å². The zero-order valence-electron chi connectivity index (χ0n) is 17.9. The predicted molar refractivity (Wildman–Crippen MR) is 116 cm³/mol. The van der Waals surface area contributed by atoms with Crippen LogP contribution in [0.1, 0.15) is 38.2 Å². The fraction of sp³-hybridized carbons (Fsp3) is 0.261. The normalized spacial score (nSPS) is 12.7. The van der Waals surface area contributed by atoms with Crippen LogP contribution in [0.5, 0.6) is 0 Å². The van der Waals surface area contributed by atoms with E-state index in [1.807, 2.05) is 0 Å². The van der Waals surface area contributed by atoms with Crippen LogP contribution in [-0.2, 0) is 11.2 Å². The number of hydrogen-bond donors (Lipinski definition) is 3. The van der Waals surface area contributed by atoms with E-state index < -0.39 is 17.7 Å². The summed E-state index contributed by atoms with van der Waals surface area (Å²) in [6.07, 6.45) is 1.46. The Morgan fingerprint density at radius 2 is 1.84 bits per heavy atom. The summed E-state index contributed by atoms with van der Waals surface area (Å²) in [5, 5.41) is 10.6. The molecule has 32 heavy (non-hydrogen) atoms. The maximum atomic E-state index is 13.8. The number of hydrogen-bond acceptors (Lipinski definition) is 4. The number of fused-ring (bicyclic) bond motifs is 1. The number of amides is 1. The first-order valence-electron chi connectivity index (χ1n) is 10.1. The smallest absolute Gasteiger partial charge is 0.408 e. The van der Waals surface area contributed by atoms with Crippen molar-refractivity contribution in [3.05, 3.63) is 71.7 Å². The van der Waals surface area contributed by atoms with Gasteiger partial charge in [-0.15, -0.1) is 0 Å². The highest BCUT2D eigenvalue weighted by atomic mass is 19.1. The third-order valence-electron chi connectivity index (χ3n) is 4.78. The highest BCUT2D eigenvalue weighted by Gasteiger charge is 2.24. The zero-order chi connectivity index (χ0) is 22.9. The molecule has 0 aliphatic carbocycles. The van der Waals surface area contributed by atoms with E-state index in [0.29, 0.717) is 29.0 Å². The number of carbonyl (C=O) groups is 1. The van der Waals surface area contributed by atoms with Crippen LogP contribution in [-0.4, -0.2) is 31.9 Å². The molecule has 0 spiro atoms. The van der Waals surface area contributed by atoms with Crippen LogP contribution < -0.4 is 5.32 Å². The van der Waals surface area contributed by atoms with Crippen LogP contribution in [0.3, 0.4) is 0 Å². The van der Waals surface area contributed by atoms with Gasteiger partial charge in [-0.2, -0.15) is 5.10 Å². The van der Waals surface area contributed by atoms with Gasteiger partial charge >= 0.3 is 6.09 Å². The number of rotatable bonds is 5. The molecular weight excluding hydrogens is 416 g/mol. The van der Waals surface area contributed by atoms with Gasteiger partial charge in [0.2, 0.25) is 0 Å². The molecule has 7 nitrogen and oxygen atoms in total. The molecule has 0 saturated heterocycles. The molecule has 1 unspecified atom stereocenters. The molecule has 2 aromatic carbocycles. The van der Waals surface area contributed by atoms with Gasteiger partial charge in [-0.3, -0.25) is 5.10 Å². The number of ether oxygens (including phenoxy) is 1. The monoisotopic (exact) mass is 439 g/mol. The van der Waals surface area contributed by atoms with Crippen molar-refractivity contribution in [2.75, 3.05) is 0 Å². The molecule has 4 aromatic rings. The number of nitrogens with one attached hydrogen (secondary N) is 3. The minimum Gasteiger partial charge on any atom is -0.444 e. The van der Waals surface area contributed by atoms with Gasteiger partial charge in [0.25, 0.3) is 0 Å². The highest BCUT2D eigenvalue weighted by molar-refractivity contribution is 5.83. The van der Waals surface area contributed by atoms with Crippen LogP contribution >= 0.6 is 0 Å². The van der Waals surface area contributed by atoms with Crippen molar-refractivity contribution in [2.45, 2.75) is 38.8 Å². The molecule has 0 radical (unpaired) electrons. The summed E-state index contributed by atoms with van der Waals surface area (Å²) in [6.45, 7) is 5.31. The fourth-order valence-corrected chi connectivity index (χ4v) is 3.36. The SMILES string of the molecule is CC(C)(C)OC(=O)NC(Cc1c[nH]c2ccc(F)cc12)c1nc(-c2ccc(F)cc2)n[nH]1. The van der Waals surface area contributed by atoms with E-state index in [9.17, 15) is 13.6 Å². The molecule has 1 amide bonds. The zero-order valence-corrected chi connectivity index (χ0v) is 17.9. The summed E-state index contributed by atoms with van der Waals surface area (Å²) in [5.41, 5.74) is 1.51. The Kier molecular flexibility index (Phi) is 5.65. The average Bonchev–Trinajstić information content (AvgIpc) is 3.34. The van der Waals surface area contributed by atoms with Crippen molar-refractivity contribution in [1.82, 2.24) is 25.5 Å². The molecule has 2 heterocycles. The Bertz CT molecular complexity index is 1240. The second-order valence-electron chi connectivity index (χ2n) is 8.46. The van der Waals surface area contributed by atoms with Gasteiger partial charge in [0.1, 0.15) is 23.1 Å². The number of nitrogens with zero attached hydrogens (tertiary/aromatic N) is 2. The van der Waals surface area contributed by atoms with E-state index in [-0.39, 0.29) is 11.6 Å². The molecule has 0 bridgehead atoms. The number of aromatic nitrogens is 4. The van der Waals surface area contributed by atoms with Gasteiger partial charge in [0.15, 0.2) is 5.82 Å². The van der Waals surface area contributed by atoms with Crippen molar-refractivity contribution in [3.63, 3.8) is 0 Å². The van der Waals surface area contributed by atoms with Gasteiger partial charge in [-0.1, -0.05) is 0 Å². The summed E-state index contributed by atoms with van der Waals surface area (Å²) in [4.78, 5) is 20.1. The van der Waals surface area contributed by atoms with Gasteiger partial charge in [0.05, 0.1) is 6.04 Å². The second kappa shape index (κ2) is 8.41. The molecule has 0 fully saturated rings. The minimum atomic E-state index is -0.681. The van der Waals surface area contributed by atoms with E-state index in [2.05, 4.69) is 25.5 Å². The first-order chi connectivity index (χ1) is 15.2. The van der Waals surface area contributed by atoms with E-state index in [4.69, 9.17) is 4.74 Å². The van der Waals surface area contributed by atoms with Crippen LogP contribution in [0.2, 0.25) is 0 Å². The predicted octanol–water partition coefficient (Wildman–Crippen LogP) is 5.04. The van der Waals surface area contributed by atoms with Gasteiger partial charge < -0.3 is 15.0 Å². The van der Waals surface area contributed by atoms with E-state index in [1.165, 1.54) is 24.3 Å². The summed E-state index contributed by atoms with van der Waals surface area (Å²) in [6, 6.07) is 9.63. The van der Waals surface area contributed by atoms with E-state index in [0.717, 1.165) is 11.1 Å². The Morgan fingerprint density at radius 3 is 2.56 bits per heavy atom. The molecular formula is C23H23F2N5O2. The van der Waals surface area contributed by atoms with Crippen molar-refractivity contribution in [3.8, 4) is 11.4 Å². The molecule has 3 N–H and O–H groups in total. The lowest BCUT2D eigenvalue weighted by Gasteiger charge is -2.22. The quantitative estimate of drug-likeness (QED) is 0.406. The number of benzene rings is 2. The standard InChI is InChI=1S/C23H23F2N5O2/c1-23(2,3)32-22(31)27-19(10-14-12-26-18-9-8-16(25)11-17(14)18)21-28-20(29-30-21)13-4-6-15(24)7-5-13/h4-9,11-12,19,26H,10H2,1-3H3,(H,27,31)(H,28,29,30). The lowest BCUT2D eigenvalue weighted by molar-refractivity contribution is 0.0501. The molecule has 166 valence electrons. The van der Waals surface area contributed by atoms with E-state index in [1.54, 1.807) is 45.2 Å². The largest absolute Gasteiger partial charge is 0.444 e. The van der Waals surface area contributed by atoms with E-state index >= 15 is 0 Å². The summed E-state index contributed by atoms with van der Waals surface area (Å²) in [5.74, 6) is 0.0377. The maximum Gasteiger partial charge on any atom is 0.408 e. The first kappa shape index (κ1) is 21.5. The number of halogens is 2.